The number of nitrogens with zero attached hydrogens (tertiary/aromatic N) is 6. The highest BCUT2D eigenvalue weighted by atomic mass is 35.5. The summed E-state index contributed by atoms with van der Waals surface area (Å²) in [6.07, 6.45) is 3.54. The lowest BCUT2D eigenvalue weighted by Crippen LogP contribution is -2.49. The Morgan fingerprint density at radius 3 is 2.36 bits per heavy atom. The number of benzene rings is 1. The number of carbonyl (C=O) groups excluding carboxylic acids is 1. The number of thioether (sulfide) groups is 1. The molecule has 9 nitrogen and oxygen atoms in total. The van der Waals surface area contributed by atoms with Crippen LogP contribution in [0.2, 0.25) is 5.15 Å². The fraction of sp³-hybridized carbons (Fsp3) is 0.318. The van der Waals surface area contributed by atoms with E-state index in [0.717, 1.165) is 5.69 Å². The maximum absolute atomic E-state index is 12.7. The summed E-state index contributed by atoms with van der Waals surface area (Å²) in [7, 11) is 0. The summed E-state index contributed by atoms with van der Waals surface area (Å²) < 4.78 is 0. The third-order valence-electron chi connectivity index (χ3n) is 5.07. The van der Waals surface area contributed by atoms with Gasteiger partial charge in [0.25, 0.3) is 5.69 Å². The van der Waals surface area contributed by atoms with Gasteiger partial charge < -0.3 is 14.7 Å². The number of nitro benzene ring substituents is 1. The van der Waals surface area contributed by atoms with Gasteiger partial charge in [-0.2, -0.15) is 0 Å². The number of hydrogen-bond acceptors (Lipinski definition) is 8. The third kappa shape index (κ3) is 6.69. The lowest BCUT2D eigenvalue weighted by atomic mass is 10.2. The summed E-state index contributed by atoms with van der Waals surface area (Å²) in [5.41, 5.74) is 0.971. The number of hydrogen-bond donors (Lipinski definition) is 0. The fourth-order valence-corrected chi connectivity index (χ4v) is 4.39. The molecule has 1 aliphatic heterocycles. The normalized spacial score (nSPS) is 13.5. The van der Waals surface area contributed by atoms with Gasteiger partial charge >= 0.3 is 0 Å². The molecule has 0 unspecified atom stereocenters. The third-order valence-corrected chi connectivity index (χ3v) is 6.09. The molecule has 0 N–H and O–H groups in total. The molecule has 2 aromatic rings. The average molecular weight is 489 g/mol. The van der Waals surface area contributed by atoms with E-state index in [-0.39, 0.29) is 17.3 Å². The minimum Gasteiger partial charge on any atom is -0.368 e. The highest BCUT2D eigenvalue weighted by Crippen LogP contribution is 2.24. The van der Waals surface area contributed by atoms with E-state index in [1.807, 2.05) is 9.80 Å². The van der Waals surface area contributed by atoms with Gasteiger partial charge in [-0.3, -0.25) is 14.9 Å². The van der Waals surface area contributed by atoms with Crippen molar-refractivity contribution < 1.29 is 9.72 Å². The van der Waals surface area contributed by atoms with Crippen LogP contribution in [0.15, 0.2) is 60.8 Å². The number of non-ortho nitro benzene ring substituents is 1. The second-order valence-electron chi connectivity index (χ2n) is 7.24. The fourth-order valence-electron chi connectivity index (χ4n) is 3.40. The molecule has 174 valence electrons. The molecule has 0 aliphatic carbocycles. The molecular weight excluding hydrogens is 464 g/mol. The number of halogens is 1. The van der Waals surface area contributed by atoms with Crippen LogP contribution in [0.5, 0.6) is 0 Å². The summed E-state index contributed by atoms with van der Waals surface area (Å²) in [4.78, 5) is 37.8. The van der Waals surface area contributed by atoms with E-state index < -0.39 is 4.92 Å². The molecule has 0 atom stereocenters. The molecule has 1 saturated heterocycles. The van der Waals surface area contributed by atoms with Gasteiger partial charge in [-0.1, -0.05) is 35.5 Å². The molecule has 0 bridgehead atoms. The van der Waals surface area contributed by atoms with Crippen LogP contribution in [0.1, 0.15) is 0 Å². The minimum absolute atomic E-state index is 0.00233. The smallest absolute Gasteiger partial charge is 0.269 e. The van der Waals surface area contributed by atoms with E-state index >= 15 is 0 Å². The predicted molar refractivity (Wildman–Crippen MR) is 132 cm³/mol. The first kappa shape index (κ1) is 24.5. The molecule has 0 saturated carbocycles. The number of amides is 1. The van der Waals surface area contributed by atoms with Crippen LogP contribution < -0.4 is 9.80 Å². The van der Waals surface area contributed by atoms with Crippen molar-refractivity contribution in [3.8, 4) is 0 Å². The van der Waals surface area contributed by atoms with E-state index in [1.54, 1.807) is 30.4 Å². The number of carbonyl (C=O) groups is 1. The molecule has 1 aliphatic rings. The first-order valence-electron chi connectivity index (χ1n) is 10.3. The predicted octanol–water partition coefficient (Wildman–Crippen LogP) is 3.66. The van der Waals surface area contributed by atoms with Gasteiger partial charge in [0.15, 0.2) is 5.16 Å². The topological polar surface area (TPSA) is 95.7 Å². The summed E-state index contributed by atoms with van der Waals surface area (Å²) in [6.45, 7) is 11.2. The minimum atomic E-state index is -0.416. The zero-order valence-electron chi connectivity index (χ0n) is 18.1. The SMILES string of the molecule is C=CCN(CC=C)c1cc(Cl)nc(SCC(=O)N2CCN(c3ccc([N+](=O)[O-])cc3)CC2)n1. The van der Waals surface area contributed by atoms with E-state index in [2.05, 4.69) is 28.0 Å². The molecule has 0 spiro atoms. The van der Waals surface area contributed by atoms with Crippen molar-refractivity contribution in [2.75, 3.05) is 54.8 Å². The maximum Gasteiger partial charge on any atom is 0.269 e. The maximum atomic E-state index is 12.7. The van der Waals surface area contributed by atoms with Crippen LogP contribution in [-0.2, 0) is 4.79 Å². The van der Waals surface area contributed by atoms with Crippen LogP contribution >= 0.6 is 23.4 Å². The van der Waals surface area contributed by atoms with E-state index in [9.17, 15) is 14.9 Å². The standard InChI is InChI=1S/C22H25ClN6O3S/c1-3-9-27(10-4-2)20-15-19(23)24-22(25-20)33-16-21(30)28-13-11-26(12-14-28)17-5-7-18(8-6-17)29(31)32/h3-8,15H,1-2,9-14,16H2. The van der Waals surface area contributed by atoms with Crippen LogP contribution in [0.3, 0.4) is 0 Å². The lowest BCUT2D eigenvalue weighted by molar-refractivity contribution is -0.384. The van der Waals surface area contributed by atoms with Crippen LogP contribution in [0, 0.1) is 10.1 Å². The van der Waals surface area contributed by atoms with E-state index in [1.165, 1.54) is 23.9 Å². The van der Waals surface area contributed by atoms with Crippen LogP contribution in [0.4, 0.5) is 17.2 Å². The van der Waals surface area contributed by atoms with Crippen molar-refractivity contribution in [1.82, 2.24) is 14.9 Å². The summed E-state index contributed by atoms with van der Waals surface area (Å²) >= 11 is 7.43. The molecule has 2 heterocycles. The molecular formula is C22H25ClN6O3S. The van der Waals surface area contributed by atoms with Crippen molar-refractivity contribution in [2.45, 2.75) is 5.16 Å². The van der Waals surface area contributed by atoms with Gasteiger partial charge in [0.2, 0.25) is 5.91 Å². The van der Waals surface area contributed by atoms with Gasteiger partial charge in [-0.05, 0) is 12.1 Å². The zero-order valence-corrected chi connectivity index (χ0v) is 19.7. The molecule has 1 amide bonds. The van der Waals surface area contributed by atoms with Crippen LogP contribution in [0.25, 0.3) is 0 Å². The summed E-state index contributed by atoms with van der Waals surface area (Å²) in [6, 6.07) is 8.14. The molecule has 33 heavy (non-hydrogen) atoms. The Kier molecular flexibility index (Phi) is 8.67. The van der Waals surface area contributed by atoms with Crippen LogP contribution in [-0.4, -0.2) is 70.7 Å². The lowest BCUT2D eigenvalue weighted by Gasteiger charge is -2.36. The van der Waals surface area contributed by atoms with Crippen molar-refractivity contribution in [1.29, 1.82) is 0 Å². The number of anilines is 2. The largest absolute Gasteiger partial charge is 0.368 e. The molecule has 1 aromatic carbocycles. The van der Waals surface area contributed by atoms with Crippen molar-refractivity contribution in [3.63, 3.8) is 0 Å². The van der Waals surface area contributed by atoms with E-state index in [0.29, 0.717) is 55.4 Å². The number of nitro groups is 1. The quantitative estimate of drug-likeness (QED) is 0.125. The molecule has 1 fully saturated rings. The Bertz CT molecular complexity index is 1000. The summed E-state index contributed by atoms with van der Waals surface area (Å²) in [5, 5.41) is 11.6. The molecule has 0 radical (unpaired) electrons. The zero-order chi connectivity index (χ0) is 23.8. The van der Waals surface area contributed by atoms with Gasteiger partial charge in [-0.15, -0.1) is 13.2 Å². The average Bonchev–Trinajstić information content (AvgIpc) is 2.82. The first-order valence-corrected chi connectivity index (χ1v) is 11.7. The van der Waals surface area contributed by atoms with Gasteiger partial charge in [0, 0.05) is 63.2 Å². The van der Waals surface area contributed by atoms with Gasteiger partial charge in [0.05, 0.1) is 10.7 Å². The second kappa shape index (κ2) is 11.7. The van der Waals surface area contributed by atoms with E-state index in [4.69, 9.17) is 11.6 Å². The van der Waals surface area contributed by atoms with Crippen molar-refractivity contribution in [3.05, 3.63) is 70.9 Å². The Morgan fingerprint density at radius 2 is 1.79 bits per heavy atom. The Labute approximate surface area is 201 Å². The summed E-state index contributed by atoms with van der Waals surface area (Å²) in [5.74, 6) is 0.865. The number of aromatic nitrogens is 2. The highest BCUT2D eigenvalue weighted by Gasteiger charge is 2.22. The van der Waals surface area contributed by atoms with Gasteiger partial charge in [0.1, 0.15) is 11.0 Å². The van der Waals surface area contributed by atoms with Crippen molar-refractivity contribution in [2.24, 2.45) is 0 Å². The number of piperazine rings is 1. The number of rotatable bonds is 10. The van der Waals surface area contributed by atoms with Gasteiger partial charge in [-0.25, -0.2) is 9.97 Å². The Hall–Kier alpha value is -3.11. The first-order chi connectivity index (χ1) is 15.9. The highest BCUT2D eigenvalue weighted by molar-refractivity contribution is 7.99. The Morgan fingerprint density at radius 1 is 1.15 bits per heavy atom. The van der Waals surface area contributed by atoms with Crippen molar-refractivity contribution >= 4 is 46.5 Å². The molecule has 11 heteroatoms. The monoisotopic (exact) mass is 488 g/mol. The Balaban J connectivity index is 1.54. The molecule has 1 aromatic heterocycles. The second-order valence-corrected chi connectivity index (χ2v) is 8.57. The molecule has 3 rings (SSSR count).